The van der Waals surface area contributed by atoms with E-state index in [4.69, 9.17) is 15.5 Å². The number of primary amides is 1. The Bertz CT molecular complexity index is 1210. The van der Waals surface area contributed by atoms with Crippen LogP contribution >= 0.6 is 0 Å². The predicted molar refractivity (Wildman–Crippen MR) is 127 cm³/mol. The summed E-state index contributed by atoms with van der Waals surface area (Å²) in [5, 5.41) is 6.23. The number of nitrogens with two attached hydrogens (primary N) is 1. The van der Waals surface area contributed by atoms with Crippen molar-refractivity contribution in [1.82, 2.24) is 19.5 Å². The van der Waals surface area contributed by atoms with Crippen molar-refractivity contribution in [2.75, 3.05) is 23.8 Å². The fraction of sp³-hybridized carbons (Fsp3) is 0.500. The topological polar surface area (TPSA) is 120 Å². The fourth-order valence-electron chi connectivity index (χ4n) is 4.97. The third-order valence-corrected chi connectivity index (χ3v) is 6.87. The first-order valence-electron chi connectivity index (χ1n) is 12.0. The first-order valence-corrected chi connectivity index (χ1v) is 12.0. The number of rotatable bonds is 6. The van der Waals surface area contributed by atoms with Gasteiger partial charge in [0, 0.05) is 31.2 Å². The quantitative estimate of drug-likeness (QED) is 0.483. The van der Waals surface area contributed by atoms with Crippen molar-refractivity contribution < 1.29 is 18.3 Å². The average Bonchev–Trinajstić information content (AvgIpc) is 3.19. The number of aryl methyl sites for hydroxylation is 1. The summed E-state index contributed by atoms with van der Waals surface area (Å²) in [6.45, 7) is 3.00. The molecule has 1 saturated carbocycles. The van der Waals surface area contributed by atoms with Gasteiger partial charge in [-0.25, -0.2) is 18.7 Å². The van der Waals surface area contributed by atoms with Crippen LogP contribution in [0.15, 0.2) is 18.3 Å². The number of nitrogens with zero attached hydrogens (tertiary/aromatic N) is 4. The van der Waals surface area contributed by atoms with Crippen molar-refractivity contribution in [3.8, 4) is 0 Å². The molecule has 0 spiro atoms. The normalized spacial score (nSPS) is 21.2. The lowest BCUT2D eigenvalue weighted by molar-refractivity contribution is -0.122. The lowest BCUT2D eigenvalue weighted by atomic mass is 9.85. The van der Waals surface area contributed by atoms with E-state index in [1.165, 1.54) is 12.1 Å². The number of hydrogen-bond acceptors (Lipinski definition) is 7. The zero-order valence-corrected chi connectivity index (χ0v) is 19.6. The molecule has 1 amide bonds. The molecule has 9 nitrogen and oxygen atoms in total. The number of fused-ring (bicyclic) bond motifs is 1. The van der Waals surface area contributed by atoms with E-state index in [-0.39, 0.29) is 35.5 Å². The Morgan fingerprint density at radius 1 is 1.09 bits per heavy atom. The number of benzene rings is 1. The molecule has 2 aromatic heterocycles. The Kier molecular flexibility index (Phi) is 6.50. The van der Waals surface area contributed by atoms with Crippen LogP contribution in [0.25, 0.3) is 11.2 Å². The van der Waals surface area contributed by atoms with Gasteiger partial charge in [-0.05, 0) is 63.1 Å². The van der Waals surface area contributed by atoms with Crippen LogP contribution in [0.4, 0.5) is 26.4 Å². The molecule has 1 aliphatic heterocycles. The van der Waals surface area contributed by atoms with Crippen LogP contribution in [0, 0.1) is 24.5 Å². The SMILES string of the molecule is Cc1cc(F)c(Nc2nc3cnc(NC4CCOCC4)nc3n2C2CCC(C(N)=O)CC2)c(F)c1. The van der Waals surface area contributed by atoms with Gasteiger partial charge in [0.15, 0.2) is 5.65 Å². The summed E-state index contributed by atoms with van der Waals surface area (Å²) in [7, 11) is 0. The maximum absolute atomic E-state index is 14.7. The van der Waals surface area contributed by atoms with Crippen LogP contribution < -0.4 is 16.4 Å². The molecule has 0 unspecified atom stereocenters. The largest absolute Gasteiger partial charge is 0.381 e. The highest BCUT2D eigenvalue weighted by Gasteiger charge is 2.30. The number of carbonyl (C=O) groups excluding carboxylic acids is 1. The van der Waals surface area contributed by atoms with E-state index < -0.39 is 11.6 Å². The molecule has 4 N–H and O–H groups in total. The van der Waals surface area contributed by atoms with Crippen LogP contribution in [0.3, 0.4) is 0 Å². The highest BCUT2D eigenvalue weighted by atomic mass is 19.1. The van der Waals surface area contributed by atoms with Gasteiger partial charge < -0.3 is 21.1 Å². The van der Waals surface area contributed by atoms with Crippen molar-refractivity contribution in [2.24, 2.45) is 11.7 Å². The maximum Gasteiger partial charge on any atom is 0.224 e. The average molecular weight is 486 g/mol. The Labute approximate surface area is 201 Å². The smallest absolute Gasteiger partial charge is 0.224 e. The third kappa shape index (κ3) is 4.90. The van der Waals surface area contributed by atoms with Crippen molar-refractivity contribution in [3.05, 3.63) is 35.5 Å². The van der Waals surface area contributed by atoms with Gasteiger partial charge in [-0.2, -0.15) is 4.98 Å². The van der Waals surface area contributed by atoms with Crippen LogP contribution in [0.1, 0.15) is 50.1 Å². The minimum absolute atomic E-state index is 0.0690. The van der Waals surface area contributed by atoms with Crippen LogP contribution in [0.2, 0.25) is 0 Å². The Balaban J connectivity index is 1.52. The fourth-order valence-corrected chi connectivity index (χ4v) is 4.97. The van der Waals surface area contributed by atoms with Gasteiger partial charge >= 0.3 is 0 Å². The van der Waals surface area contributed by atoms with Gasteiger partial charge in [-0.15, -0.1) is 0 Å². The monoisotopic (exact) mass is 485 g/mol. The zero-order valence-electron chi connectivity index (χ0n) is 19.6. The highest BCUT2D eigenvalue weighted by molar-refractivity contribution is 5.78. The molecule has 5 rings (SSSR count). The number of aromatic nitrogens is 4. The minimum Gasteiger partial charge on any atom is -0.381 e. The summed E-state index contributed by atoms with van der Waals surface area (Å²) in [6.07, 6.45) is 5.92. The second-order valence-electron chi connectivity index (χ2n) is 9.38. The lowest BCUT2D eigenvalue weighted by Crippen LogP contribution is -2.29. The van der Waals surface area contributed by atoms with E-state index in [0.29, 0.717) is 61.6 Å². The minimum atomic E-state index is -0.702. The lowest BCUT2D eigenvalue weighted by Gasteiger charge is -2.29. The molecular formula is C24H29F2N7O2. The molecule has 0 atom stereocenters. The van der Waals surface area contributed by atoms with E-state index in [9.17, 15) is 13.6 Å². The number of anilines is 3. The number of imidazole rings is 1. The molecular weight excluding hydrogens is 456 g/mol. The van der Waals surface area contributed by atoms with Crippen molar-refractivity contribution in [1.29, 1.82) is 0 Å². The van der Waals surface area contributed by atoms with E-state index in [2.05, 4.69) is 20.6 Å². The first kappa shape index (κ1) is 23.4. The van der Waals surface area contributed by atoms with Crippen LogP contribution in [-0.2, 0) is 9.53 Å². The summed E-state index contributed by atoms with van der Waals surface area (Å²) in [5.41, 5.74) is 6.80. The molecule has 1 aromatic carbocycles. The molecule has 1 aliphatic carbocycles. The molecule has 0 radical (unpaired) electrons. The molecule has 2 aliphatic rings. The second kappa shape index (κ2) is 9.73. The Morgan fingerprint density at radius 2 is 1.77 bits per heavy atom. The first-order chi connectivity index (χ1) is 16.9. The zero-order chi connectivity index (χ0) is 24.5. The second-order valence-corrected chi connectivity index (χ2v) is 9.38. The molecule has 3 aromatic rings. The number of hydrogen-bond donors (Lipinski definition) is 3. The molecule has 186 valence electrons. The highest BCUT2D eigenvalue weighted by Crippen LogP contribution is 2.37. The van der Waals surface area contributed by atoms with Gasteiger partial charge in [0.05, 0.1) is 6.20 Å². The molecule has 11 heteroatoms. The summed E-state index contributed by atoms with van der Waals surface area (Å²) >= 11 is 0. The number of amides is 1. The Morgan fingerprint density at radius 3 is 2.43 bits per heavy atom. The van der Waals surface area contributed by atoms with E-state index in [0.717, 1.165) is 12.8 Å². The Hall–Kier alpha value is -3.34. The summed E-state index contributed by atoms with van der Waals surface area (Å²) < 4.78 is 36.6. The van der Waals surface area contributed by atoms with Crippen LogP contribution in [0.5, 0.6) is 0 Å². The summed E-state index contributed by atoms with van der Waals surface area (Å²) in [6, 6.07) is 2.68. The summed E-state index contributed by atoms with van der Waals surface area (Å²) in [4.78, 5) is 25.4. The molecule has 1 saturated heterocycles. The third-order valence-electron chi connectivity index (χ3n) is 6.87. The summed E-state index contributed by atoms with van der Waals surface area (Å²) in [5.74, 6) is -1.13. The molecule has 0 bridgehead atoms. The van der Waals surface area contributed by atoms with Gasteiger partial charge in [0.1, 0.15) is 22.8 Å². The number of nitrogens with one attached hydrogen (secondary N) is 2. The maximum atomic E-state index is 14.7. The molecule has 2 fully saturated rings. The van der Waals surface area contributed by atoms with Gasteiger partial charge in [0.2, 0.25) is 17.8 Å². The van der Waals surface area contributed by atoms with Gasteiger partial charge in [-0.1, -0.05) is 0 Å². The van der Waals surface area contributed by atoms with E-state index in [1.807, 2.05) is 4.57 Å². The van der Waals surface area contributed by atoms with E-state index in [1.54, 1.807) is 13.1 Å². The number of halogens is 2. The van der Waals surface area contributed by atoms with Crippen LogP contribution in [-0.4, -0.2) is 44.7 Å². The predicted octanol–water partition coefficient (Wildman–Crippen LogP) is 3.96. The van der Waals surface area contributed by atoms with Crippen molar-refractivity contribution in [3.63, 3.8) is 0 Å². The standard InChI is InChI=1S/C24H29F2N7O2/c1-13-10-17(25)20(18(26)11-13)31-24-30-19-12-28-23(29-15-6-8-35-9-7-15)32-22(19)33(24)16-4-2-14(3-5-16)21(27)34/h10-12,14-16H,2-9H2,1H3,(H2,27,34)(H,30,31)(H,28,29,32). The molecule has 3 heterocycles. The number of carbonyl (C=O) groups is 1. The van der Waals surface area contributed by atoms with Gasteiger partial charge in [-0.3, -0.25) is 9.36 Å². The van der Waals surface area contributed by atoms with Gasteiger partial charge in [0.25, 0.3) is 0 Å². The molecule has 35 heavy (non-hydrogen) atoms. The number of ether oxygens (including phenoxy) is 1. The van der Waals surface area contributed by atoms with Crippen molar-refractivity contribution in [2.45, 2.75) is 57.5 Å². The van der Waals surface area contributed by atoms with Crippen molar-refractivity contribution >= 4 is 34.7 Å². The van der Waals surface area contributed by atoms with E-state index >= 15 is 0 Å².